The normalized spacial score (nSPS) is 24.3. The minimum Gasteiger partial charge on any atom is -0.457 e. The molecule has 3 saturated carbocycles. The average molecular weight is 657 g/mol. The fraction of sp³-hybridized carbons (Fsp3) is 0.467. The van der Waals surface area contributed by atoms with Crippen LogP contribution in [0.25, 0.3) is 0 Å². The molecular formula is C45H56N2O2. The molecule has 0 radical (unpaired) electrons. The smallest absolute Gasteiger partial charge is 0.127 e. The maximum absolute atomic E-state index is 6.28. The van der Waals surface area contributed by atoms with Gasteiger partial charge in [0.25, 0.3) is 0 Å². The van der Waals surface area contributed by atoms with Gasteiger partial charge in [-0.1, -0.05) is 89.0 Å². The van der Waals surface area contributed by atoms with Crippen molar-refractivity contribution in [2.24, 2.45) is 29.6 Å². The lowest BCUT2D eigenvalue weighted by atomic mass is 9.51. The van der Waals surface area contributed by atoms with E-state index in [0.717, 1.165) is 58.0 Å². The lowest BCUT2D eigenvalue weighted by Crippen LogP contribution is -2.47. The third kappa shape index (κ3) is 7.64. The number of nitrogen functional groups attached to an aromatic ring is 2. The highest BCUT2D eigenvalue weighted by atomic mass is 16.5. The summed E-state index contributed by atoms with van der Waals surface area (Å²) in [5, 5.41) is 0. The quantitative estimate of drug-likeness (QED) is 0.167. The summed E-state index contributed by atoms with van der Waals surface area (Å²) >= 11 is 0. The van der Waals surface area contributed by atoms with Crippen LogP contribution < -0.4 is 20.9 Å². The summed E-state index contributed by atoms with van der Waals surface area (Å²) in [7, 11) is 0. The molecule has 0 heterocycles. The molecule has 4 aromatic rings. The molecule has 49 heavy (non-hydrogen) atoms. The third-order valence-corrected chi connectivity index (χ3v) is 12.5. The predicted molar refractivity (Wildman–Crippen MR) is 203 cm³/mol. The predicted octanol–water partition coefficient (Wildman–Crippen LogP) is 12.3. The highest BCUT2D eigenvalue weighted by Crippen LogP contribution is 2.58. The number of anilines is 2. The first-order chi connectivity index (χ1) is 24.0. The molecule has 4 N–H and O–H groups in total. The van der Waals surface area contributed by atoms with E-state index in [1.807, 2.05) is 48.5 Å². The summed E-state index contributed by atoms with van der Waals surface area (Å²) in [6.45, 7) is 2.36. The van der Waals surface area contributed by atoms with Crippen molar-refractivity contribution in [1.82, 2.24) is 0 Å². The van der Waals surface area contributed by atoms with Crippen LogP contribution in [0.3, 0.4) is 0 Å². The number of rotatable bonds is 10. The lowest BCUT2D eigenvalue weighted by Gasteiger charge is -2.53. The van der Waals surface area contributed by atoms with Gasteiger partial charge < -0.3 is 20.9 Å². The van der Waals surface area contributed by atoms with Gasteiger partial charge >= 0.3 is 0 Å². The molecule has 4 nitrogen and oxygen atoms in total. The van der Waals surface area contributed by atoms with E-state index in [1.165, 1.54) is 101 Å². The van der Waals surface area contributed by atoms with Crippen LogP contribution in [-0.4, -0.2) is 0 Å². The van der Waals surface area contributed by atoms with Gasteiger partial charge in [0.05, 0.1) is 0 Å². The maximum atomic E-state index is 6.28. The Hall–Kier alpha value is -3.92. The molecule has 4 heteroatoms. The first kappa shape index (κ1) is 33.6. The van der Waals surface area contributed by atoms with E-state index in [2.05, 4.69) is 55.5 Å². The highest BCUT2D eigenvalue weighted by Gasteiger charge is 2.50. The summed E-state index contributed by atoms with van der Waals surface area (Å²) in [5.41, 5.74) is 16.2. The molecule has 0 bridgehead atoms. The van der Waals surface area contributed by atoms with Crippen molar-refractivity contribution < 1.29 is 9.47 Å². The number of benzene rings is 4. The molecule has 258 valence electrons. The highest BCUT2D eigenvalue weighted by molar-refractivity contribution is 5.48. The van der Waals surface area contributed by atoms with E-state index in [-0.39, 0.29) is 5.41 Å². The Morgan fingerprint density at radius 2 is 1.00 bits per heavy atom. The molecule has 0 spiro atoms. The Kier molecular flexibility index (Phi) is 10.5. The molecule has 0 saturated heterocycles. The summed E-state index contributed by atoms with van der Waals surface area (Å²) in [5.74, 6) is 7.40. The van der Waals surface area contributed by atoms with Gasteiger partial charge in [-0.15, -0.1) is 0 Å². The minimum atomic E-state index is -0.0443. The zero-order chi connectivity index (χ0) is 33.6. The summed E-state index contributed by atoms with van der Waals surface area (Å²) in [6, 6.07) is 33.6. The van der Waals surface area contributed by atoms with Crippen molar-refractivity contribution in [1.29, 1.82) is 0 Å². The maximum Gasteiger partial charge on any atom is 0.127 e. The third-order valence-electron chi connectivity index (χ3n) is 12.5. The van der Waals surface area contributed by atoms with E-state index in [4.69, 9.17) is 20.9 Å². The molecule has 2 unspecified atom stereocenters. The second-order valence-electron chi connectivity index (χ2n) is 15.5. The standard InChI is InChI=1S/C45H56N2O2/c1-2-6-32-9-11-33(12-10-32)35-29-30-45(44(31-35)34-7-4-3-5-8-34,36-13-21-40(22-14-36)48-42-25-17-38(46)18-26-42)37-15-23-41(24-16-37)49-43-27-19-39(47)20-28-43/h13-28,32-35,44H,2-12,29-31,46-47H2,1H3. The molecule has 7 rings (SSSR count). The number of nitrogens with two attached hydrogens (primary N) is 2. The Morgan fingerprint density at radius 3 is 1.47 bits per heavy atom. The van der Waals surface area contributed by atoms with Crippen LogP contribution >= 0.6 is 0 Å². The van der Waals surface area contributed by atoms with Crippen LogP contribution in [0.1, 0.15) is 108 Å². The second-order valence-corrected chi connectivity index (χ2v) is 15.5. The molecule has 3 aliphatic carbocycles. The molecule has 0 amide bonds. The van der Waals surface area contributed by atoms with E-state index < -0.39 is 0 Å². The Morgan fingerprint density at radius 1 is 0.531 bits per heavy atom. The van der Waals surface area contributed by atoms with Gasteiger partial charge in [0.1, 0.15) is 23.0 Å². The van der Waals surface area contributed by atoms with Gasteiger partial charge in [0, 0.05) is 16.8 Å². The second kappa shape index (κ2) is 15.3. The van der Waals surface area contributed by atoms with Crippen molar-refractivity contribution >= 4 is 11.4 Å². The lowest BCUT2D eigenvalue weighted by molar-refractivity contribution is 0.0519. The number of ether oxygens (including phenoxy) is 2. The van der Waals surface area contributed by atoms with Gasteiger partial charge in [-0.05, 0) is 146 Å². The van der Waals surface area contributed by atoms with Crippen LogP contribution in [0, 0.1) is 29.6 Å². The zero-order valence-corrected chi connectivity index (χ0v) is 29.5. The van der Waals surface area contributed by atoms with Crippen LogP contribution in [0.5, 0.6) is 23.0 Å². The fourth-order valence-electron chi connectivity index (χ4n) is 10.0. The Balaban J connectivity index is 1.22. The molecule has 0 aromatic heterocycles. The van der Waals surface area contributed by atoms with Crippen molar-refractivity contribution in [2.75, 3.05) is 11.5 Å². The minimum absolute atomic E-state index is 0.0443. The van der Waals surface area contributed by atoms with Gasteiger partial charge in [0.15, 0.2) is 0 Å². The van der Waals surface area contributed by atoms with Crippen molar-refractivity contribution in [3.05, 3.63) is 108 Å². The molecule has 0 aliphatic heterocycles. The van der Waals surface area contributed by atoms with Crippen LogP contribution in [0.4, 0.5) is 11.4 Å². The molecule has 3 fully saturated rings. The topological polar surface area (TPSA) is 70.5 Å². The van der Waals surface area contributed by atoms with Crippen LogP contribution in [0.2, 0.25) is 0 Å². The zero-order valence-electron chi connectivity index (χ0n) is 29.5. The number of hydrogen-bond donors (Lipinski definition) is 2. The SMILES string of the molecule is CCCC1CCC(C2CCC(c3ccc(Oc4ccc(N)cc4)cc3)(c3ccc(Oc4ccc(N)cc4)cc3)C(C3CCCCC3)C2)CC1. The fourth-order valence-corrected chi connectivity index (χ4v) is 10.0. The van der Waals surface area contributed by atoms with Gasteiger partial charge in [-0.25, -0.2) is 0 Å². The molecule has 2 atom stereocenters. The van der Waals surface area contributed by atoms with Gasteiger partial charge in [-0.3, -0.25) is 0 Å². The van der Waals surface area contributed by atoms with Crippen molar-refractivity contribution in [3.63, 3.8) is 0 Å². The molecule has 3 aliphatic rings. The first-order valence-electron chi connectivity index (χ1n) is 19.3. The van der Waals surface area contributed by atoms with Crippen LogP contribution in [-0.2, 0) is 5.41 Å². The summed E-state index contributed by atoms with van der Waals surface area (Å²) < 4.78 is 12.6. The molecular weight excluding hydrogens is 601 g/mol. The van der Waals surface area contributed by atoms with E-state index in [9.17, 15) is 0 Å². The van der Waals surface area contributed by atoms with E-state index >= 15 is 0 Å². The van der Waals surface area contributed by atoms with E-state index in [0.29, 0.717) is 5.92 Å². The Bertz CT molecular complexity index is 1510. The van der Waals surface area contributed by atoms with Gasteiger partial charge in [-0.2, -0.15) is 0 Å². The molecule has 4 aromatic carbocycles. The number of hydrogen-bond acceptors (Lipinski definition) is 4. The summed E-state index contributed by atoms with van der Waals surface area (Å²) in [6.07, 6.45) is 19.2. The Labute approximate surface area is 294 Å². The first-order valence-corrected chi connectivity index (χ1v) is 19.3. The monoisotopic (exact) mass is 656 g/mol. The van der Waals surface area contributed by atoms with Crippen molar-refractivity contribution in [2.45, 2.75) is 102 Å². The summed E-state index contributed by atoms with van der Waals surface area (Å²) in [4.78, 5) is 0. The largest absolute Gasteiger partial charge is 0.457 e. The van der Waals surface area contributed by atoms with Crippen molar-refractivity contribution in [3.8, 4) is 23.0 Å². The van der Waals surface area contributed by atoms with E-state index in [1.54, 1.807) is 0 Å². The average Bonchev–Trinajstić information content (AvgIpc) is 3.15. The van der Waals surface area contributed by atoms with Crippen LogP contribution in [0.15, 0.2) is 97.1 Å². The van der Waals surface area contributed by atoms with Gasteiger partial charge in [0.2, 0.25) is 0 Å².